The molecule has 0 aromatic heterocycles. The molecule has 0 aliphatic heterocycles. The Hall–Kier alpha value is -0.510. The third-order valence-electron chi connectivity index (χ3n) is 3.21. The van der Waals surface area contributed by atoms with Gasteiger partial charge in [-0.15, -0.1) is 11.8 Å². The van der Waals surface area contributed by atoms with Gasteiger partial charge in [0.1, 0.15) is 0 Å². The zero-order valence-electron chi connectivity index (χ0n) is 11.9. The molecule has 1 rings (SSSR count). The second-order valence-corrected chi connectivity index (χ2v) is 5.86. The Morgan fingerprint density at radius 1 is 1.28 bits per heavy atom. The van der Waals surface area contributed by atoms with Crippen molar-refractivity contribution < 1.29 is 4.74 Å². The van der Waals surface area contributed by atoms with Crippen LogP contribution in [0.5, 0.6) is 0 Å². The second kappa shape index (κ2) is 8.57. The Balaban J connectivity index is 2.69. The van der Waals surface area contributed by atoms with E-state index in [4.69, 9.17) is 4.74 Å². The molecule has 0 fully saturated rings. The Labute approximate surface area is 116 Å². The minimum absolute atomic E-state index is 0.404. The zero-order valence-corrected chi connectivity index (χ0v) is 12.7. The van der Waals surface area contributed by atoms with E-state index < -0.39 is 0 Å². The molecule has 0 radical (unpaired) electrons. The highest BCUT2D eigenvalue weighted by molar-refractivity contribution is 7.99. The van der Waals surface area contributed by atoms with E-state index in [1.54, 1.807) is 7.11 Å². The Kier molecular flexibility index (Phi) is 7.40. The lowest BCUT2D eigenvalue weighted by Gasteiger charge is -2.24. The van der Waals surface area contributed by atoms with Crippen molar-refractivity contribution in [3.8, 4) is 0 Å². The lowest BCUT2D eigenvalue weighted by molar-refractivity contribution is 0.171. The molecule has 0 saturated carbocycles. The summed E-state index contributed by atoms with van der Waals surface area (Å²) in [4.78, 5) is 1.35. The number of benzene rings is 1. The van der Waals surface area contributed by atoms with Gasteiger partial charge < -0.3 is 10.1 Å². The highest BCUT2D eigenvalue weighted by atomic mass is 32.2. The SMILES string of the molecule is CCSc1ccc(C(NC)C(C)CCOC)cc1. The van der Waals surface area contributed by atoms with Gasteiger partial charge in [0, 0.05) is 24.7 Å². The smallest absolute Gasteiger partial charge is 0.0465 e. The fourth-order valence-corrected chi connectivity index (χ4v) is 2.85. The molecule has 0 aliphatic rings. The fourth-order valence-electron chi connectivity index (χ4n) is 2.19. The van der Waals surface area contributed by atoms with E-state index in [2.05, 4.69) is 43.4 Å². The third-order valence-corrected chi connectivity index (χ3v) is 4.10. The van der Waals surface area contributed by atoms with Crippen LogP contribution in [0.1, 0.15) is 31.9 Å². The van der Waals surface area contributed by atoms with Crippen LogP contribution in [-0.2, 0) is 4.74 Å². The fraction of sp³-hybridized carbons (Fsp3) is 0.600. The molecule has 2 atom stereocenters. The summed E-state index contributed by atoms with van der Waals surface area (Å²) in [5.74, 6) is 1.69. The quantitative estimate of drug-likeness (QED) is 0.725. The summed E-state index contributed by atoms with van der Waals surface area (Å²) in [6, 6.07) is 9.32. The summed E-state index contributed by atoms with van der Waals surface area (Å²) in [6.07, 6.45) is 1.08. The molecule has 102 valence electrons. The van der Waals surface area contributed by atoms with E-state index >= 15 is 0 Å². The van der Waals surface area contributed by atoms with Crippen molar-refractivity contribution in [1.29, 1.82) is 0 Å². The summed E-state index contributed by atoms with van der Waals surface area (Å²) >= 11 is 1.89. The molecule has 0 bridgehead atoms. The van der Waals surface area contributed by atoms with Crippen LogP contribution < -0.4 is 5.32 Å². The van der Waals surface area contributed by atoms with Crippen molar-refractivity contribution >= 4 is 11.8 Å². The van der Waals surface area contributed by atoms with E-state index in [1.807, 2.05) is 18.8 Å². The van der Waals surface area contributed by atoms with Gasteiger partial charge in [-0.2, -0.15) is 0 Å². The number of hydrogen-bond acceptors (Lipinski definition) is 3. The monoisotopic (exact) mass is 267 g/mol. The lowest BCUT2D eigenvalue weighted by Crippen LogP contribution is -2.24. The number of hydrogen-bond donors (Lipinski definition) is 1. The lowest BCUT2D eigenvalue weighted by atomic mass is 9.92. The number of nitrogens with one attached hydrogen (secondary N) is 1. The molecular formula is C15H25NOS. The van der Waals surface area contributed by atoms with Crippen molar-refractivity contribution in [2.24, 2.45) is 5.92 Å². The topological polar surface area (TPSA) is 21.3 Å². The van der Waals surface area contributed by atoms with E-state index in [9.17, 15) is 0 Å². The summed E-state index contributed by atoms with van der Waals surface area (Å²) in [5, 5.41) is 3.42. The highest BCUT2D eigenvalue weighted by Gasteiger charge is 2.17. The first kappa shape index (κ1) is 15.5. The van der Waals surface area contributed by atoms with Gasteiger partial charge in [0.25, 0.3) is 0 Å². The number of thioether (sulfide) groups is 1. The largest absolute Gasteiger partial charge is 0.385 e. The first-order valence-electron chi connectivity index (χ1n) is 6.61. The van der Waals surface area contributed by atoms with Crippen LogP contribution >= 0.6 is 11.8 Å². The number of methoxy groups -OCH3 is 1. The van der Waals surface area contributed by atoms with E-state index in [0.29, 0.717) is 12.0 Å². The van der Waals surface area contributed by atoms with Crippen molar-refractivity contribution in [3.05, 3.63) is 29.8 Å². The van der Waals surface area contributed by atoms with Crippen LogP contribution in [0.2, 0.25) is 0 Å². The molecule has 0 aliphatic carbocycles. The molecule has 0 saturated heterocycles. The number of rotatable bonds is 8. The molecule has 0 heterocycles. The van der Waals surface area contributed by atoms with Gasteiger partial charge in [-0.1, -0.05) is 26.0 Å². The maximum absolute atomic E-state index is 5.16. The third kappa shape index (κ3) is 4.63. The standard InChI is InChI=1S/C15H25NOS/c1-5-18-14-8-6-13(7-9-14)15(16-3)12(2)10-11-17-4/h6-9,12,15-16H,5,10-11H2,1-4H3. The average Bonchev–Trinajstić information content (AvgIpc) is 2.39. The Bertz CT molecular complexity index is 326. The molecule has 3 heteroatoms. The second-order valence-electron chi connectivity index (χ2n) is 4.53. The van der Waals surface area contributed by atoms with Crippen LogP contribution in [0.25, 0.3) is 0 Å². The van der Waals surface area contributed by atoms with Crippen LogP contribution in [-0.4, -0.2) is 26.5 Å². The van der Waals surface area contributed by atoms with Crippen LogP contribution in [0.15, 0.2) is 29.2 Å². The van der Waals surface area contributed by atoms with Crippen LogP contribution in [0.3, 0.4) is 0 Å². The Morgan fingerprint density at radius 3 is 2.44 bits per heavy atom. The Morgan fingerprint density at radius 2 is 1.94 bits per heavy atom. The molecule has 0 amide bonds. The molecule has 1 N–H and O–H groups in total. The summed E-state index contributed by atoms with van der Waals surface area (Å²) < 4.78 is 5.16. The molecule has 0 spiro atoms. The van der Waals surface area contributed by atoms with Gasteiger partial charge in [0.2, 0.25) is 0 Å². The summed E-state index contributed by atoms with van der Waals surface area (Å²) in [7, 11) is 3.79. The highest BCUT2D eigenvalue weighted by Crippen LogP contribution is 2.26. The van der Waals surface area contributed by atoms with Gasteiger partial charge in [-0.05, 0) is 42.8 Å². The summed E-state index contributed by atoms with van der Waals surface area (Å²) in [5.41, 5.74) is 1.36. The predicted octanol–water partition coefficient (Wildman–Crippen LogP) is 3.73. The van der Waals surface area contributed by atoms with Crippen molar-refractivity contribution in [3.63, 3.8) is 0 Å². The molecular weight excluding hydrogens is 242 g/mol. The van der Waals surface area contributed by atoms with Crippen LogP contribution in [0.4, 0.5) is 0 Å². The first-order chi connectivity index (χ1) is 8.72. The minimum atomic E-state index is 0.404. The normalized spacial score (nSPS) is 14.4. The molecule has 2 nitrogen and oxygen atoms in total. The van der Waals surface area contributed by atoms with Gasteiger partial charge in [-0.25, -0.2) is 0 Å². The minimum Gasteiger partial charge on any atom is -0.385 e. The van der Waals surface area contributed by atoms with E-state index in [-0.39, 0.29) is 0 Å². The van der Waals surface area contributed by atoms with Crippen molar-refractivity contribution in [2.45, 2.75) is 31.2 Å². The van der Waals surface area contributed by atoms with Crippen molar-refractivity contribution in [2.75, 3.05) is 26.5 Å². The average molecular weight is 267 g/mol. The van der Waals surface area contributed by atoms with Crippen LogP contribution in [0, 0.1) is 5.92 Å². The maximum Gasteiger partial charge on any atom is 0.0465 e. The van der Waals surface area contributed by atoms with Gasteiger partial charge >= 0.3 is 0 Å². The first-order valence-corrected chi connectivity index (χ1v) is 7.60. The molecule has 2 unspecified atom stereocenters. The van der Waals surface area contributed by atoms with E-state index in [0.717, 1.165) is 18.8 Å². The van der Waals surface area contributed by atoms with E-state index in [1.165, 1.54) is 10.5 Å². The maximum atomic E-state index is 5.16. The van der Waals surface area contributed by atoms with Gasteiger partial charge in [0.15, 0.2) is 0 Å². The number of ether oxygens (including phenoxy) is 1. The molecule has 1 aromatic carbocycles. The molecule has 18 heavy (non-hydrogen) atoms. The van der Waals surface area contributed by atoms with Crippen molar-refractivity contribution in [1.82, 2.24) is 5.32 Å². The molecule has 1 aromatic rings. The zero-order chi connectivity index (χ0) is 13.4. The van der Waals surface area contributed by atoms with Gasteiger partial charge in [0.05, 0.1) is 0 Å². The predicted molar refractivity (Wildman–Crippen MR) is 80.3 cm³/mol. The van der Waals surface area contributed by atoms with Gasteiger partial charge in [-0.3, -0.25) is 0 Å². The summed E-state index contributed by atoms with van der Waals surface area (Å²) in [6.45, 7) is 5.28.